The highest BCUT2D eigenvalue weighted by molar-refractivity contribution is 6.33. The molecule has 3 N–H and O–H groups in total. The third-order valence-electron chi connectivity index (χ3n) is 4.92. The van der Waals surface area contributed by atoms with Crippen LogP contribution >= 0.6 is 11.6 Å². The largest absolute Gasteiger partial charge is 0.504 e. The molecule has 1 aromatic heterocycles. The van der Waals surface area contributed by atoms with Crippen LogP contribution in [0.1, 0.15) is 12.0 Å². The minimum atomic E-state index is -4.57. The number of aromatic hydroxyl groups is 1. The van der Waals surface area contributed by atoms with E-state index in [0.717, 1.165) is 26.0 Å². The van der Waals surface area contributed by atoms with Gasteiger partial charge in [-0.05, 0) is 6.42 Å². The molecule has 0 radical (unpaired) electrons. The van der Waals surface area contributed by atoms with E-state index in [1.165, 1.54) is 26.3 Å². The van der Waals surface area contributed by atoms with Gasteiger partial charge in [-0.2, -0.15) is 18.2 Å². The number of carbonyl (C=O) groups excluding carboxylic acids is 1. The number of phenols is 1. The minimum Gasteiger partial charge on any atom is -0.504 e. The topological polar surface area (TPSA) is 109 Å². The number of hydrogen-bond acceptors (Lipinski definition) is 8. The Labute approximate surface area is 186 Å². The van der Waals surface area contributed by atoms with E-state index in [1.54, 1.807) is 0 Å². The zero-order valence-electron chi connectivity index (χ0n) is 17.1. The molecule has 3 heterocycles. The molecule has 2 aliphatic heterocycles. The van der Waals surface area contributed by atoms with Crippen molar-refractivity contribution in [3.8, 4) is 11.5 Å². The number of methoxy groups -OCH3 is 1. The Bertz CT molecular complexity index is 979. The normalized spacial score (nSPS) is 19.2. The van der Waals surface area contributed by atoms with E-state index in [2.05, 4.69) is 20.6 Å². The number of nitrogens with zero attached hydrogens (tertiary/aromatic N) is 3. The van der Waals surface area contributed by atoms with Gasteiger partial charge in [-0.1, -0.05) is 11.6 Å². The Morgan fingerprint density at radius 3 is 2.66 bits per heavy atom. The number of ether oxygens (including phenoxy) is 2. The van der Waals surface area contributed by atoms with Crippen molar-refractivity contribution in [2.75, 3.05) is 37.9 Å². The summed E-state index contributed by atoms with van der Waals surface area (Å²) in [6.07, 6.45) is -1.59. The van der Waals surface area contributed by atoms with Crippen LogP contribution in [0.3, 0.4) is 0 Å². The van der Waals surface area contributed by atoms with Crippen molar-refractivity contribution in [2.45, 2.75) is 24.7 Å². The Balaban J connectivity index is 0.000000264. The van der Waals surface area contributed by atoms with E-state index in [-0.39, 0.29) is 34.0 Å². The number of halogens is 4. The van der Waals surface area contributed by atoms with Gasteiger partial charge < -0.3 is 30.1 Å². The summed E-state index contributed by atoms with van der Waals surface area (Å²) in [4.78, 5) is 19.5. The molecule has 13 heteroatoms. The van der Waals surface area contributed by atoms with Gasteiger partial charge >= 0.3 is 6.18 Å². The molecule has 32 heavy (non-hydrogen) atoms. The van der Waals surface area contributed by atoms with Gasteiger partial charge in [0.25, 0.3) is 0 Å². The zero-order chi connectivity index (χ0) is 23.5. The molecule has 0 aliphatic carbocycles. The van der Waals surface area contributed by atoms with Gasteiger partial charge in [-0.25, -0.2) is 4.98 Å². The van der Waals surface area contributed by atoms with Crippen molar-refractivity contribution in [1.82, 2.24) is 14.9 Å². The first-order valence-electron chi connectivity index (χ1n) is 9.44. The number of likely N-dealkylation sites (tertiary alicyclic amines) is 1. The molecule has 2 aliphatic rings. The van der Waals surface area contributed by atoms with E-state index in [1.807, 2.05) is 4.90 Å². The maximum Gasteiger partial charge on any atom is 0.421 e. The summed E-state index contributed by atoms with van der Waals surface area (Å²) in [6, 6.07) is 3.00. The number of nitrogens with one attached hydrogen (secondary N) is 2. The summed E-state index contributed by atoms with van der Waals surface area (Å²) < 4.78 is 48.6. The summed E-state index contributed by atoms with van der Waals surface area (Å²) in [5, 5.41) is 14.8. The number of benzene rings is 1. The molecule has 0 spiro atoms. The van der Waals surface area contributed by atoms with Crippen molar-refractivity contribution in [3.63, 3.8) is 0 Å². The van der Waals surface area contributed by atoms with Crippen LogP contribution in [0.5, 0.6) is 11.5 Å². The van der Waals surface area contributed by atoms with Crippen LogP contribution in [0.15, 0.2) is 18.3 Å². The maximum absolute atomic E-state index is 12.8. The molecule has 0 unspecified atom stereocenters. The molecular formula is C19H21ClF3N5O4. The second-order valence-electron chi connectivity index (χ2n) is 6.98. The number of hydrogen-bond donors (Lipinski definition) is 3. The van der Waals surface area contributed by atoms with Crippen molar-refractivity contribution in [3.05, 3.63) is 28.9 Å². The molecule has 2 aromatic rings. The highest BCUT2D eigenvalue weighted by atomic mass is 35.5. The van der Waals surface area contributed by atoms with Crippen LogP contribution in [-0.4, -0.2) is 65.8 Å². The van der Waals surface area contributed by atoms with Crippen LogP contribution in [0, 0.1) is 0 Å². The number of amides is 1. The third kappa shape index (κ3) is 5.25. The van der Waals surface area contributed by atoms with Crippen LogP contribution in [0.4, 0.5) is 30.6 Å². The monoisotopic (exact) mass is 475 g/mol. The van der Waals surface area contributed by atoms with Gasteiger partial charge in [0.05, 0.1) is 36.6 Å². The Hall–Kier alpha value is -2.99. The summed E-state index contributed by atoms with van der Waals surface area (Å²) in [5.74, 6) is -0.515. The van der Waals surface area contributed by atoms with Crippen LogP contribution in [0.2, 0.25) is 5.02 Å². The van der Waals surface area contributed by atoms with E-state index in [0.29, 0.717) is 18.3 Å². The molecule has 2 fully saturated rings. The summed E-state index contributed by atoms with van der Waals surface area (Å²) in [7, 11) is 2.67. The third-order valence-corrected chi connectivity index (χ3v) is 5.24. The maximum atomic E-state index is 12.8. The number of anilines is 3. The molecule has 2 bridgehead atoms. The average Bonchev–Trinajstić information content (AvgIpc) is 3.38. The number of carbonyl (C=O) groups is 1. The van der Waals surface area contributed by atoms with Gasteiger partial charge in [-0.15, -0.1) is 0 Å². The van der Waals surface area contributed by atoms with Crippen molar-refractivity contribution in [1.29, 1.82) is 0 Å². The number of aromatic nitrogens is 2. The van der Waals surface area contributed by atoms with E-state index in [9.17, 15) is 23.1 Å². The number of phenolic OH excluding ortho intramolecular Hbond substituents is 1. The molecule has 1 amide bonds. The van der Waals surface area contributed by atoms with Crippen molar-refractivity contribution in [2.24, 2.45) is 0 Å². The first-order chi connectivity index (χ1) is 15.2. The Morgan fingerprint density at radius 2 is 2.16 bits per heavy atom. The fraction of sp³-hybridized carbons (Fsp3) is 0.421. The van der Waals surface area contributed by atoms with Gasteiger partial charge in [0.15, 0.2) is 11.5 Å². The predicted octanol–water partition coefficient (Wildman–Crippen LogP) is 3.26. The number of morpholine rings is 1. The second-order valence-corrected chi connectivity index (χ2v) is 7.39. The van der Waals surface area contributed by atoms with Gasteiger partial charge in [0.1, 0.15) is 11.4 Å². The Morgan fingerprint density at radius 1 is 1.41 bits per heavy atom. The fourth-order valence-electron chi connectivity index (χ4n) is 3.32. The molecule has 1 aromatic carbocycles. The quantitative estimate of drug-likeness (QED) is 0.446. The van der Waals surface area contributed by atoms with Crippen molar-refractivity contribution >= 4 is 35.5 Å². The fourth-order valence-corrected chi connectivity index (χ4v) is 3.53. The lowest BCUT2D eigenvalue weighted by atomic mass is 10.2. The first kappa shape index (κ1) is 23.7. The zero-order valence-corrected chi connectivity index (χ0v) is 17.9. The minimum absolute atomic E-state index is 0.100. The van der Waals surface area contributed by atoms with E-state index < -0.39 is 11.7 Å². The van der Waals surface area contributed by atoms with Gasteiger partial charge in [0, 0.05) is 31.9 Å². The van der Waals surface area contributed by atoms with Gasteiger partial charge in [-0.3, -0.25) is 4.79 Å². The molecule has 174 valence electrons. The molecular weight excluding hydrogens is 455 g/mol. The highest BCUT2D eigenvalue weighted by Gasteiger charge is 2.38. The van der Waals surface area contributed by atoms with E-state index in [4.69, 9.17) is 21.1 Å². The second kappa shape index (κ2) is 9.65. The summed E-state index contributed by atoms with van der Waals surface area (Å²) >= 11 is 5.96. The lowest BCUT2D eigenvalue weighted by Crippen LogP contribution is -2.35. The molecule has 2 atom stereocenters. The molecule has 0 saturated carbocycles. The SMILES string of the molecule is CNc1nc(Nc2cc(OC)c(O)cc2Cl)ncc1C(F)(F)F.O=CN1C[C@@H]2C[C@H]1CO2. The number of rotatable bonds is 5. The van der Waals surface area contributed by atoms with E-state index >= 15 is 0 Å². The first-order valence-corrected chi connectivity index (χ1v) is 9.82. The van der Waals surface area contributed by atoms with Crippen molar-refractivity contribution < 1.29 is 32.5 Å². The van der Waals surface area contributed by atoms with Crippen LogP contribution in [-0.2, 0) is 15.7 Å². The molecule has 2 saturated heterocycles. The predicted molar refractivity (Wildman–Crippen MR) is 110 cm³/mol. The lowest BCUT2D eigenvalue weighted by molar-refractivity contribution is -0.137. The molecule has 9 nitrogen and oxygen atoms in total. The standard InChI is InChI=1S/C13H12ClF3N4O2.C6H9NO2/c1-18-11-6(13(15,16)17)5-19-12(21-11)20-8-4-10(23-2)9(22)3-7(8)14;8-4-7-2-6-1-5(7)3-9-6/h3-5,22H,1-2H3,(H2,18,19,20,21);4-6H,1-3H2/t;5-,6-/m.0/s1. The molecule has 4 rings (SSSR count). The van der Waals surface area contributed by atoms with Gasteiger partial charge in [0.2, 0.25) is 12.4 Å². The summed E-state index contributed by atoms with van der Waals surface area (Å²) in [5.41, 5.74) is -0.719. The highest BCUT2D eigenvalue weighted by Crippen LogP contribution is 2.37. The smallest absolute Gasteiger partial charge is 0.421 e. The van der Waals surface area contributed by atoms with Crippen LogP contribution in [0.25, 0.3) is 0 Å². The summed E-state index contributed by atoms with van der Waals surface area (Å²) in [6.45, 7) is 1.57. The Kier molecular flexibility index (Phi) is 7.14. The van der Waals surface area contributed by atoms with Crippen LogP contribution < -0.4 is 15.4 Å². The number of fused-ring (bicyclic) bond motifs is 2. The number of alkyl halides is 3. The average molecular weight is 476 g/mol. The lowest BCUT2D eigenvalue weighted by Gasteiger charge is -2.21.